The fraction of sp³-hybridized carbons (Fsp3) is 0.929. The standard InChI is InChI=1S/C14H28N2O3/c1-14(2,11-5-4-7-15-9-11)13(18)16-12(6-8-17)10-19-3/h11-12,15,17H,4-10H2,1-3H3,(H,16,18). The first-order valence-electron chi connectivity index (χ1n) is 7.13. The topological polar surface area (TPSA) is 70.6 Å². The van der Waals surface area contributed by atoms with Gasteiger partial charge < -0.3 is 20.5 Å². The largest absolute Gasteiger partial charge is 0.396 e. The van der Waals surface area contributed by atoms with Crippen molar-refractivity contribution in [3.63, 3.8) is 0 Å². The van der Waals surface area contributed by atoms with Gasteiger partial charge in [0.15, 0.2) is 0 Å². The number of methoxy groups -OCH3 is 1. The normalized spacial score (nSPS) is 22.0. The second kappa shape index (κ2) is 7.82. The van der Waals surface area contributed by atoms with Crippen LogP contribution in [0, 0.1) is 11.3 Å². The molecule has 1 fully saturated rings. The van der Waals surface area contributed by atoms with Crippen LogP contribution in [-0.4, -0.2) is 50.5 Å². The summed E-state index contributed by atoms with van der Waals surface area (Å²) >= 11 is 0. The van der Waals surface area contributed by atoms with E-state index >= 15 is 0 Å². The first-order valence-corrected chi connectivity index (χ1v) is 7.13. The van der Waals surface area contributed by atoms with Gasteiger partial charge in [0.05, 0.1) is 12.6 Å². The highest BCUT2D eigenvalue weighted by atomic mass is 16.5. The van der Waals surface area contributed by atoms with Crippen molar-refractivity contribution in [3.8, 4) is 0 Å². The molecule has 0 aromatic rings. The molecule has 0 radical (unpaired) electrons. The zero-order valence-electron chi connectivity index (χ0n) is 12.4. The number of carbonyl (C=O) groups is 1. The summed E-state index contributed by atoms with van der Waals surface area (Å²) in [6.07, 6.45) is 2.74. The van der Waals surface area contributed by atoms with E-state index in [9.17, 15) is 4.79 Å². The highest BCUT2D eigenvalue weighted by molar-refractivity contribution is 5.82. The van der Waals surface area contributed by atoms with E-state index in [1.54, 1.807) is 7.11 Å². The van der Waals surface area contributed by atoms with Crippen LogP contribution in [0.3, 0.4) is 0 Å². The third-order valence-electron chi connectivity index (χ3n) is 4.08. The summed E-state index contributed by atoms with van der Waals surface area (Å²) in [5.74, 6) is 0.412. The monoisotopic (exact) mass is 272 g/mol. The van der Waals surface area contributed by atoms with Crippen molar-refractivity contribution in [3.05, 3.63) is 0 Å². The van der Waals surface area contributed by atoms with Gasteiger partial charge in [-0.15, -0.1) is 0 Å². The minimum absolute atomic E-state index is 0.0525. The van der Waals surface area contributed by atoms with Gasteiger partial charge in [-0.05, 0) is 38.3 Å². The van der Waals surface area contributed by atoms with Crippen LogP contribution in [0.5, 0.6) is 0 Å². The molecule has 1 aliphatic rings. The fourth-order valence-electron chi connectivity index (χ4n) is 2.58. The number of rotatable bonds is 7. The maximum absolute atomic E-state index is 12.4. The number of nitrogens with one attached hydrogen (secondary N) is 2. The molecular formula is C14H28N2O3. The van der Waals surface area contributed by atoms with Crippen LogP contribution in [0.15, 0.2) is 0 Å². The minimum atomic E-state index is -0.394. The summed E-state index contributed by atoms with van der Waals surface area (Å²) < 4.78 is 5.08. The summed E-state index contributed by atoms with van der Waals surface area (Å²) in [5, 5.41) is 15.4. The van der Waals surface area contributed by atoms with Crippen molar-refractivity contribution in [2.45, 2.75) is 39.2 Å². The van der Waals surface area contributed by atoms with Crippen LogP contribution in [0.4, 0.5) is 0 Å². The molecule has 5 heteroatoms. The van der Waals surface area contributed by atoms with Crippen molar-refractivity contribution in [2.24, 2.45) is 11.3 Å². The third kappa shape index (κ3) is 4.75. The molecule has 5 nitrogen and oxygen atoms in total. The van der Waals surface area contributed by atoms with Gasteiger partial charge in [0.25, 0.3) is 0 Å². The van der Waals surface area contributed by atoms with Crippen molar-refractivity contribution in [1.29, 1.82) is 0 Å². The number of hydrogen-bond acceptors (Lipinski definition) is 4. The minimum Gasteiger partial charge on any atom is -0.396 e. The van der Waals surface area contributed by atoms with Crippen molar-refractivity contribution < 1.29 is 14.6 Å². The molecule has 1 saturated heterocycles. The summed E-state index contributed by atoms with van der Waals surface area (Å²) in [7, 11) is 1.60. The highest BCUT2D eigenvalue weighted by Crippen LogP contribution is 2.32. The van der Waals surface area contributed by atoms with E-state index < -0.39 is 5.41 Å². The summed E-state index contributed by atoms with van der Waals surface area (Å²) in [5.41, 5.74) is -0.394. The molecule has 0 saturated carbocycles. The van der Waals surface area contributed by atoms with E-state index in [0.717, 1.165) is 25.9 Å². The molecule has 19 heavy (non-hydrogen) atoms. The number of amides is 1. The maximum atomic E-state index is 12.4. The Hall–Kier alpha value is -0.650. The maximum Gasteiger partial charge on any atom is 0.226 e. The summed E-state index contributed by atoms with van der Waals surface area (Å²) in [6, 6.07) is -0.113. The molecule has 0 aromatic carbocycles. The Labute approximate surface area is 116 Å². The lowest BCUT2D eigenvalue weighted by molar-refractivity contribution is -0.133. The Bertz CT molecular complexity index is 270. The highest BCUT2D eigenvalue weighted by Gasteiger charge is 2.37. The van der Waals surface area contributed by atoms with Gasteiger partial charge >= 0.3 is 0 Å². The van der Waals surface area contributed by atoms with E-state index in [-0.39, 0.29) is 18.6 Å². The Morgan fingerprint density at radius 1 is 1.58 bits per heavy atom. The predicted octanol–water partition coefficient (Wildman–Crippen LogP) is 0.526. The molecule has 112 valence electrons. The summed E-state index contributed by atoms with van der Waals surface area (Å²) in [4.78, 5) is 12.4. The second-order valence-corrected chi connectivity index (χ2v) is 5.90. The van der Waals surface area contributed by atoms with Crippen LogP contribution in [0.25, 0.3) is 0 Å². The molecular weight excluding hydrogens is 244 g/mol. The van der Waals surface area contributed by atoms with Crippen LogP contribution >= 0.6 is 0 Å². The Kier molecular flexibility index (Phi) is 6.75. The first-order chi connectivity index (χ1) is 9.02. The molecule has 2 atom stereocenters. The molecule has 3 N–H and O–H groups in total. The third-order valence-corrected chi connectivity index (χ3v) is 4.08. The van der Waals surface area contributed by atoms with Gasteiger partial charge in [0, 0.05) is 19.1 Å². The fourth-order valence-corrected chi connectivity index (χ4v) is 2.58. The van der Waals surface area contributed by atoms with E-state index in [4.69, 9.17) is 9.84 Å². The van der Waals surface area contributed by atoms with E-state index in [1.807, 2.05) is 13.8 Å². The summed E-state index contributed by atoms with van der Waals surface area (Å²) in [6.45, 7) is 6.44. The number of aliphatic hydroxyl groups is 1. The Morgan fingerprint density at radius 2 is 2.32 bits per heavy atom. The number of aliphatic hydroxyl groups excluding tert-OH is 1. The molecule has 0 aromatic heterocycles. The van der Waals surface area contributed by atoms with E-state index in [1.165, 1.54) is 0 Å². The van der Waals surface area contributed by atoms with Gasteiger partial charge in [-0.3, -0.25) is 4.79 Å². The van der Waals surface area contributed by atoms with E-state index in [2.05, 4.69) is 10.6 Å². The molecule has 1 rings (SSSR count). The first kappa shape index (κ1) is 16.4. The zero-order valence-corrected chi connectivity index (χ0v) is 12.4. The lowest BCUT2D eigenvalue weighted by Crippen LogP contribution is -2.51. The molecule has 1 amide bonds. The van der Waals surface area contributed by atoms with Gasteiger partial charge in [0.1, 0.15) is 0 Å². The van der Waals surface area contributed by atoms with E-state index in [0.29, 0.717) is 18.9 Å². The Balaban J connectivity index is 2.57. The number of hydrogen-bond donors (Lipinski definition) is 3. The molecule has 1 aliphatic heterocycles. The van der Waals surface area contributed by atoms with Gasteiger partial charge in [-0.2, -0.15) is 0 Å². The molecule has 0 bridgehead atoms. The predicted molar refractivity (Wildman–Crippen MR) is 74.9 cm³/mol. The average Bonchev–Trinajstić information content (AvgIpc) is 2.40. The van der Waals surface area contributed by atoms with Gasteiger partial charge in [0.2, 0.25) is 5.91 Å². The number of ether oxygens (including phenoxy) is 1. The van der Waals surface area contributed by atoms with Crippen LogP contribution < -0.4 is 10.6 Å². The lowest BCUT2D eigenvalue weighted by atomic mass is 9.74. The average molecular weight is 272 g/mol. The molecule has 2 unspecified atom stereocenters. The van der Waals surface area contributed by atoms with Crippen LogP contribution in [0.1, 0.15) is 33.1 Å². The van der Waals surface area contributed by atoms with Gasteiger partial charge in [-0.1, -0.05) is 13.8 Å². The van der Waals surface area contributed by atoms with Crippen molar-refractivity contribution in [1.82, 2.24) is 10.6 Å². The number of piperidine rings is 1. The van der Waals surface area contributed by atoms with Crippen LogP contribution in [-0.2, 0) is 9.53 Å². The van der Waals surface area contributed by atoms with Crippen LogP contribution in [0.2, 0.25) is 0 Å². The smallest absolute Gasteiger partial charge is 0.226 e. The lowest BCUT2D eigenvalue weighted by Gasteiger charge is -2.37. The second-order valence-electron chi connectivity index (χ2n) is 5.90. The number of carbonyl (C=O) groups excluding carboxylic acids is 1. The van der Waals surface area contributed by atoms with Gasteiger partial charge in [-0.25, -0.2) is 0 Å². The van der Waals surface area contributed by atoms with Crippen molar-refractivity contribution >= 4 is 5.91 Å². The molecule has 0 aliphatic carbocycles. The molecule has 0 spiro atoms. The zero-order chi connectivity index (χ0) is 14.3. The Morgan fingerprint density at radius 3 is 2.84 bits per heavy atom. The molecule has 1 heterocycles. The SMILES string of the molecule is COCC(CCO)NC(=O)C(C)(C)C1CCCNC1. The van der Waals surface area contributed by atoms with Crippen molar-refractivity contribution in [2.75, 3.05) is 33.4 Å². The quantitative estimate of drug-likeness (QED) is 0.632.